The van der Waals surface area contributed by atoms with Crippen molar-refractivity contribution in [3.8, 4) is 5.75 Å². The van der Waals surface area contributed by atoms with Crippen molar-refractivity contribution in [3.63, 3.8) is 0 Å². The Morgan fingerprint density at radius 1 is 1.03 bits per heavy atom. The molecule has 0 radical (unpaired) electrons. The number of halogens is 1. The van der Waals surface area contributed by atoms with Crippen LogP contribution in [0.1, 0.15) is 22.3 Å². The molecule has 1 saturated heterocycles. The number of amides is 3. The molecule has 3 amide bonds. The van der Waals surface area contributed by atoms with Gasteiger partial charge < -0.3 is 10.1 Å². The summed E-state index contributed by atoms with van der Waals surface area (Å²) in [7, 11) is 0. The van der Waals surface area contributed by atoms with Gasteiger partial charge in [0.15, 0.2) is 6.61 Å². The molecule has 3 aromatic carbocycles. The predicted octanol–water partition coefficient (Wildman–Crippen LogP) is 6.32. The molecule has 0 aromatic heterocycles. The van der Waals surface area contributed by atoms with Gasteiger partial charge in [0, 0.05) is 5.69 Å². The molecular weight excluding hydrogens is 528 g/mol. The van der Waals surface area contributed by atoms with E-state index in [9.17, 15) is 14.4 Å². The second-order valence-electron chi connectivity index (χ2n) is 8.04. The number of carbonyl (C=O) groups is 3. The van der Waals surface area contributed by atoms with Gasteiger partial charge in [0.2, 0.25) is 0 Å². The highest BCUT2D eigenvalue weighted by Gasteiger charge is 2.35. The molecule has 1 N–H and O–H groups in total. The first-order chi connectivity index (χ1) is 16.8. The lowest BCUT2D eigenvalue weighted by Crippen LogP contribution is -2.27. The largest absolute Gasteiger partial charge is 0.483 e. The van der Waals surface area contributed by atoms with Gasteiger partial charge in [-0.1, -0.05) is 48.5 Å². The van der Waals surface area contributed by atoms with Gasteiger partial charge in [0.05, 0.1) is 15.9 Å². The smallest absolute Gasteiger partial charge is 0.293 e. The van der Waals surface area contributed by atoms with E-state index >= 15 is 0 Å². The third kappa shape index (κ3) is 6.01. The van der Waals surface area contributed by atoms with Crippen molar-refractivity contribution >= 4 is 56.5 Å². The number of para-hydroxylation sites is 1. The van der Waals surface area contributed by atoms with Crippen LogP contribution in [0.3, 0.4) is 0 Å². The normalized spacial score (nSPS) is 14.5. The van der Waals surface area contributed by atoms with E-state index in [2.05, 4.69) is 21.2 Å². The number of rotatable bonds is 7. The second-order valence-corrected chi connectivity index (χ2v) is 9.88. The molecule has 0 aliphatic carbocycles. The van der Waals surface area contributed by atoms with E-state index in [1.165, 1.54) is 4.90 Å². The summed E-state index contributed by atoms with van der Waals surface area (Å²) in [6.07, 6.45) is 1.68. The van der Waals surface area contributed by atoms with Crippen LogP contribution in [-0.2, 0) is 16.1 Å². The van der Waals surface area contributed by atoms with Crippen LogP contribution in [0.15, 0.2) is 76.1 Å². The maximum Gasteiger partial charge on any atom is 0.293 e. The molecule has 1 aliphatic rings. The number of aryl methyl sites for hydroxylation is 2. The van der Waals surface area contributed by atoms with Crippen LogP contribution in [0.4, 0.5) is 10.5 Å². The number of carbonyl (C=O) groups excluding carboxylic acids is 3. The molecule has 4 rings (SSSR count). The number of hydrogen-bond acceptors (Lipinski definition) is 5. The van der Waals surface area contributed by atoms with Crippen molar-refractivity contribution < 1.29 is 19.1 Å². The average molecular weight is 551 g/mol. The number of nitrogens with zero attached hydrogens (tertiary/aromatic N) is 1. The van der Waals surface area contributed by atoms with E-state index in [1.54, 1.807) is 24.3 Å². The lowest BCUT2D eigenvalue weighted by atomic mass is 10.1. The second kappa shape index (κ2) is 10.9. The Labute approximate surface area is 216 Å². The first kappa shape index (κ1) is 24.8. The fraction of sp³-hybridized carbons (Fsp3) is 0.148. The Morgan fingerprint density at radius 3 is 2.46 bits per heavy atom. The highest BCUT2D eigenvalue weighted by molar-refractivity contribution is 9.10. The van der Waals surface area contributed by atoms with Crippen LogP contribution in [0.2, 0.25) is 0 Å². The summed E-state index contributed by atoms with van der Waals surface area (Å²) in [5, 5.41) is 2.54. The monoisotopic (exact) mass is 550 g/mol. The Kier molecular flexibility index (Phi) is 7.73. The number of anilines is 1. The van der Waals surface area contributed by atoms with Gasteiger partial charge in [0.25, 0.3) is 17.1 Å². The van der Waals surface area contributed by atoms with Crippen molar-refractivity contribution in [2.45, 2.75) is 20.4 Å². The SMILES string of the molecule is Cc1ccccc1CN1C(=O)S/C(=C\c2ccc(OCC(=O)Nc3ccccc3C)c(Br)c2)C1=O. The molecule has 178 valence electrons. The molecule has 1 fully saturated rings. The zero-order chi connectivity index (χ0) is 24.9. The van der Waals surface area contributed by atoms with E-state index < -0.39 is 0 Å². The Morgan fingerprint density at radius 2 is 1.74 bits per heavy atom. The summed E-state index contributed by atoms with van der Waals surface area (Å²) >= 11 is 4.39. The van der Waals surface area contributed by atoms with Gasteiger partial charge in [-0.2, -0.15) is 0 Å². The quantitative estimate of drug-likeness (QED) is 0.348. The number of thioether (sulfide) groups is 1. The van der Waals surface area contributed by atoms with Crippen LogP contribution in [0.25, 0.3) is 6.08 Å². The lowest BCUT2D eigenvalue weighted by molar-refractivity contribution is -0.123. The minimum atomic E-state index is -0.312. The van der Waals surface area contributed by atoms with Crippen molar-refractivity contribution in [1.29, 1.82) is 0 Å². The maximum absolute atomic E-state index is 12.9. The third-order valence-corrected chi connectivity index (χ3v) is 7.02. The number of benzene rings is 3. The number of imide groups is 1. The third-order valence-electron chi connectivity index (χ3n) is 5.49. The molecule has 0 bridgehead atoms. The van der Waals surface area contributed by atoms with Crippen LogP contribution >= 0.6 is 27.7 Å². The van der Waals surface area contributed by atoms with Crippen molar-refractivity contribution in [1.82, 2.24) is 4.90 Å². The molecule has 35 heavy (non-hydrogen) atoms. The summed E-state index contributed by atoms with van der Waals surface area (Å²) in [6.45, 7) is 3.97. The van der Waals surface area contributed by atoms with Gasteiger partial charge in [-0.15, -0.1) is 0 Å². The molecule has 1 heterocycles. The van der Waals surface area contributed by atoms with Gasteiger partial charge in [0.1, 0.15) is 5.75 Å². The minimum absolute atomic E-state index is 0.149. The number of ether oxygens (including phenoxy) is 1. The first-order valence-electron chi connectivity index (χ1n) is 10.9. The van der Waals surface area contributed by atoms with E-state index in [1.807, 2.05) is 62.4 Å². The zero-order valence-electron chi connectivity index (χ0n) is 19.2. The van der Waals surface area contributed by atoms with Crippen LogP contribution in [0.5, 0.6) is 5.75 Å². The minimum Gasteiger partial charge on any atom is -0.483 e. The summed E-state index contributed by atoms with van der Waals surface area (Å²) in [4.78, 5) is 39.2. The standard InChI is InChI=1S/C27H23BrN2O4S/c1-17-7-3-5-9-20(17)15-30-26(32)24(35-27(30)33)14-19-11-12-23(21(28)13-19)34-16-25(31)29-22-10-6-4-8-18(22)2/h3-14H,15-16H2,1-2H3,(H,29,31)/b24-14-. The van der Waals surface area contributed by atoms with Crippen molar-refractivity contribution in [2.75, 3.05) is 11.9 Å². The predicted molar refractivity (Wildman–Crippen MR) is 142 cm³/mol. The molecule has 0 spiro atoms. The first-order valence-corrected chi connectivity index (χ1v) is 12.5. The number of hydrogen-bond donors (Lipinski definition) is 1. The molecule has 3 aromatic rings. The number of nitrogens with one attached hydrogen (secondary N) is 1. The van der Waals surface area contributed by atoms with Crippen LogP contribution in [-0.4, -0.2) is 28.6 Å². The van der Waals surface area contributed by atoms with Crippen LogP contribution in [0, 0.1) is 13.8 Å². The molecule has 1 aliphatic heterocycles. The molecule has 0 saturated carbocycles. The van der Waals surface area contributed by atoms with E-state index in [-0.39, 0.29) is 30.2 Å². The Bertz CT molecular complexity index is 1340. The van der Waals surface area contributed by atoms with Crippen molar-refractivity contribution in [2.24, 2.45) is 0 Å². The zero-order valence-corrected chi connectivity index (χ0v) is 21.6. The highest BCUT2D eigenvalue weighted by atomic mass is 79.9. The van der Waals surface area contributed by atoms with Gasteiger partial charge in [-0.3, -0.25) is 19.3 Å². The fourth-order valence-corrected chi connectivity index (χ4v) is 4.86. The van der Waals surface area contributed by atoms with Crippen LogP contribution < -0.4 is 10.1 Å². The molecule has 6 nitrogen and oxygen atoms in total. The topological polar surface area (TPSA) is 75.7 Å². The Hall–Kier alpha value is -3.36. The highest BCUT2D eigenvalue weighted by Crippen LogP contribution is 2.35. The summed E-state index contributed by atoms with van der Waals surface area (Å²) in [6, 6.07) is 20.5. The Balaban J connectivity index is 1.40. The summed E-state index contributed by atoms with van der Waals surface area (Å²) < 4.78 is 6.29. The van der Waals surface area contributed by atoms with Gasteiger partial charge in [-0.05, 0) is 88.1 Å². The molecular formula is C27H23BrN2O4S. The van der Waals surface area contributed by atoms with E-state index in [0.29, 0.717) is 15.1 Å². The average Bonchev–Trinajstić information content (AvgIpc) is 3.08. The lowest BCUT2D eigenvalue weighted by Gasteiger charge is -2.14. The van der Waals surface area contributed by atoms with Crippen molar-refractivity contribution in [3.05, 3.63) is 98.4 Å². The summed E-state index contributed by atoms with van der Waals surface area (Å²) in [5.74, 6) is -0.0834. The molecule has 8 heteroatoms. The van der Waals surface area contributed by atoms with E-state index in [4.69, 9.17) is 4.74 Å². The van der Waals surface area contributed by atoms with Gasteiger partial charge in [-0.25, -0.2) is 0 Å². The van der Waals surface area contributed by atoms with Gasteiger partial charge >= 0.3 is 0 Å². The van der Waals surface area contributed by atoms with E-state index in [0.717, 1.165) is 39.7 Å². The maximum atomic E-state index is 12.9. The summed E-state index contributed by atoms with van der Waals surface area (Å²) in [5.41, 5.74) is 4.41. The fourth-order valence-electron chi connectivity index (χ4n) is 3.51. The molecule has 0 unspecified atom stereocenters. The molecule has 0 atom stereocenters.